The Balaban J connectivity index is 2.49. The van der Waals surface area contributed by atoms with Crippen LogP contribution in [0.4, 0.5) is 13.6 Å². The Bertz CT molecular complexity index is 481. The molecule has 0 aromatic heterocycles. The Morgan fingerprint density at radius 1 is 1.32 bits per heavy atom. The fourth-order valence-corrected chi connectivity index (χ4v) is 2.15. The molecular formula is C16H24F2N2O2. The third kappa shape index (κ3) is 6.85. The first-order chi connectivity index (χ1) is 10.4. The summed E-state index contributed by atoms with van der Waals surface area (Å²) < 4.78 is 31.2. The molecule has 1 amide bonds. The van der Waals surface area contributed by atoms with Crippen LogP contribution in [0.1, 0.15) is 32.8 Å². The molecule has 6 heteroatoms. The van der Waals surface area contributed by atoms with Gasteiger partial charge in [0.15, 0.2) is 0 Å². The molecule has 124 valence electrons. The lowest BCUT2D eigenvalue weighted by molar-refractivity contribution is 0.146. The summed E-state index contributed by atoms with van der Waals surface area (Å²) in [5, 5.41) is 5.86. The third-order valence-electron chi connectivity index (χ3n) is 3.07. The van der Waals surface area contributed by atoms with Gasteiger partial charge in [-0.3, -0.25) is 0 Å². The summed E-state index contributed by atoms with van der Waals surface area (Å²) in [6.07, 6.45) is 0.320. The summed E-state index contributed by atoms with van der Waals surface area (Å²) in [6, 6.07) is 3.39. The molecule has 0 aliphatic rings. The zero-order chi connectivity index (χ0) is 16.5. The summed E-state index contributed by atoms with van der Waals surface area (Å²) in [5.74, 6) is -0.773. The molecule has 4 nitrogen and oxygen atoms in total. The molecule has 0 bridgehead atoms. The van der Waals surface area contributed by atoms with E-state index in [0.717, 1.165) is 12.5 Å². The first kappa shape index (κ1) is 18.4. The zero-order valence-electron chi connectivity index (χ0n) is 13.3. The van der Waals surface area contributed by atoms with E-state index in [1.165, 1.54) is 12.1 Å². The molecule has 0 fully saturated rings. The van der Waals surface area contributed by atoms with Crippen molar-refractivity contribution in [2.75, 3.05) is 13.2 Å². The van der Waals surface area contributed by atoms with Gasteiger partial charge in [0.05, 0.1) is 6.61 Å². The molecule has 1 atom stereocenters. The average Bonchev–Trinajstić information content (AvgIpc) is 2.40. The smallest absolute Gasteiger partial charge is 0.407 e. The van der Waals surface area contributed by atoms with E-state index < -0.39 is 17.7 Å². The molecule has 22 heavy (non-hydrogen) atoms. The Morgan fingerprint density at radius 2 is 2.05 bits per heavy atom. The number of ether oxygens (including phenoxy) is 1. The lowest BCUT2D eigenvalue weighted by atomic mass is 10.0. The predicted octanol–water partition coefficient (Wildman–Crippen LogP) is 3.22. The molecule has 1 aromatic rings. The molecule has 0 radical (unpaired) electrons. The summed E-state index contributed by atoms with van der Waals surface area (Å²) in [5.41, 5.74) is 0.390. The molecular weight excluding hydrogens is 290 g/mol. The summed E-state index contributed by atoms with van der Waals surface area (Å²) in [6.45, 7) is 6.92. The fraction of sp³-hybridized carbons (Fsp3) is 0.562. The normalized spacial score (nSPS) is 12.3. The van der Waals surface area contributed by atoms with Crippen LogP contribution in [0.5, 0.6) is 0 Å². The van der Waals surface area contributed by atoms with Crippen LogP contribution in [-0.4, -0.2) is 25.3 Å². The minimum atomic E-state index is -0.595. The molecule has 0 aliphatic heterocycles. The van der Waals surface area contributed by atoms with Gasteiger partial charge in [0.1, 0.15) is 11.6 Å². The number of hydrogen-bond donors (Lipinski definition) is 2. The topological polar surface area (TPSA) is 50.4 Å². The first-order valence-electron chi connectivity index (χ1n) is 7.50. The number of benzene rings is 1. The molecule has 0 spiro atoms. The number of alkyl carbamates (subject to hydrolysis) is 1. The van der Waals surface area contributed by atoms with Gasteiger partial charge in [0.2, 0.25) is 0 Å². The Labute approximate surface area is 130 Å². The number of rotatable bonds is 8. The summed E-state index contributed by atoms with van der Waals surface area (Å²) in [4.78, 5) is 11.5. The average molecular weight is 314 g/mol. The highest BCUT2D eigenvalue weighted by atomic mass is 19.1. The quantitative estimate of drug-likeness (QED) is 0.774. The van der Waals surface area contributed by atoms with Gasteiger partial charge >= 0.3 is 6.09 Å². The maximum atomic E-state index is 13.5. The third-order valence-corrected chi connectivity index (χ3v) is 3.07. The van der Waals surface area contributed by atoms with Crippen molar-refractivity contribution in [3.8, 4) is 0 Å². The van der Waals surface area contributed by atoms with E-state index in [9.17, 15) is 13.6 Å². The summed E-state index contributed by atoms with van der Waals surface area (Å²) in [7, 11) is 0. The maximum Gasteiger partial charge on any atom is 0.407 e. The van der Waals surface area contributed by atoms with Crippen LogP contribution in [0, 0.1) is 17.6 Å². The van der Waals surface area contributed by atoms with E-state index in [-0.39, 0.29) is 12.6 Å². The lowest BCUT2D eigenvalue weighted by Crippen LogP contribution is -2.43. The highest BCUT2D eigenvalue weighted by molar-refractivity contribution is 5.67. The molecule has 1 rings (SSSR count). The molecule has 1 unspecified atom stereocenters. The van der Waals surface area contributed by atoms with E-state index >= 15 is 0 Å². The van der Waals surface area contributed by atoms with Crippen LogP contribution in [-0.2, 0) is 11.3 Å². The van der Waals surface area contributed by atoms with Crippen LogP contribution < -0.4 is 10.6 Å². The zero-order valence-corrected chi connectivity index (χ0v) is 13.3. The van der Waals surface area contributed by atoms with Crippen LogP contribution in [0.2, 0.25) is 0 Å². The molecule has 0 aliphatic carbocycles. The monoisotopic (exact) mass is 314 g/mol. The standard InChI is InChI=1S/C16H24F2N2O2/c1-4-22-16(21)20-14(7-11(2)3)10-19-9-12-5-6-13(17)8-15(12)18/h5-6,8,11,14,19H,4,7,9-10H2,1-3H3,(H,20,21). The van der Waals surface area contributed by atoms with Crippen molar-refractivity contribution in [1.29, 1.82) is 0 Å². The lowest BCUT2D eigenvalue weighted by Gasteiger charge is -2.21. The SMILES string of the molecule is CCOC(=O)NC(CNCc1ccc(F)cc1F)CC(C)C. The second-order valence-electron chi connectivity index (χ2n) is 5.56. The number of hydrogen-bond acceptors (Lipinski definition) is 3. The van der Waals surface area contributed by atoms with Gasteiger partial charge in [-0.25, -0.2) is 13.6 Å². The Kier molecular flexibility index (Phi) is 7.80. The van der Waals surface area contributed by atoms with Crippen molar-refractivity contribution < 1.29 is 18.3 Å². The summed E-state index contributed by atoms with van der Waals surface area (Å²) >= 11 is 0. The second kappa shape index (κ2) is 9.35. The Morgan fingerprint density at radius 3 is 2.64 bits per heavy atom. The highest BCUT2D eigenvalue weighted by Crippen LogP contribution is 2.09. The van der Waals surface area contributed by atoms with Gasteiger partial charge in [0, 0.05) is 30.8 Å². The van der Waals surface area contributed by atoms with Crippen molar-refractivity contribution >= 4 is 6.09 Å². The van der Waals surface area contributed by atoms with Crippen LogP contribution >= 0.6 is 0 Å². The van der Waals surface area contributed by atoms with Gasteiger partial charge < -0.3 is 15.4 Å². The van der Waals surface area contributed by atoms with Crippen molar-refractivity contribution in [3.05, 3.63) is 35.4 Å². The van der Waals surface area contributed by atoms with E-state index in [2.05, 4.69) is 24.5 Å². The van der Waals surface area contributed by atoms with E-state index in [1.807, 2.05) is 0 Å². The number of amides is 1. The first-order valence-corrected chi connectivity index (χ1v) is 7.50. The van der Waals surface area contributed by atoms with Gasteiger partial charge in [0.25, 0.3) is 0 Å². The number of nitrogens with one attached hydrogen (secondary N) is 2. The van der Waals surface area contributed by atoms with Gasteiger partial charge in [-0.15, -0.1) is 0 Å². The molecule has 0 heterocycles. The maximum absolute atomic E-state index is 13.5. The number of carbonyl (C=O) groups excluding carboxylic acids is 1. The number of carbonyl (C=O) groups is 1. The van der Waals surface area contributed by atoms with E-state index in [4.69, 9.17) is 4.74 Å². The van der Waals surface area contributed by atoms with Crippen LogP contribution in [0.3, 0.4) is 0 Å². The van der Waals surface area contributed by atoms with Gasteiger partial charge in [-0.05, 0) is 25.3 Å². The second-order valence-corrected chi connectivity index (χ2v) is 5.56. The Hall–Kier alpha value is -1.69. The van der Waals surface area contributed by atoms with Crippen LogP contribution in [0.25, 0.3) is 0 Å². The van der Waals surface area contributed by atoms with Gasteiger partial charge in [-0.1, -0.05) is 19.9 Å². The van der Waals surface area contributed by atoms with Crippen molar-refractivity contribution in [2.45, 2.75) is 39.8 Å². The molecule has 2 N–H and O–H groups in total. The number of halogens is 2. The minimum Gasteiger partial charge on any atom is -0.450 e. The van der Waals surface area contributed by atoms with Gasteiger partial charge in [-0.2, -0.15) is 0 Å². The predicted molar refractivity (Wildman–Crippen MR) is 81.5 cm³/mol. The molecule has 1 aromatic carbocycles. The minimum absolute atomic E-state index is 0.109. The fourth-order valence-electron chi connectivity index (χ4n) is 2.15. The van der Waals surface area contributed by atoms with Crippen molar-refractivity contribution in [1.82, 2.24) is 10.6 Å². The van der Waals surface area contributed by atoms with Crippen LogP contribution in [0.15, 0.2) is 18.2 Å². The van der Waals surface area contributed by atoms with Crippen molar-refractivity contribution in [3.63, 3.8) is 0 Å². The van der Waals surface area contributed by atoms with E-state index in [1.54, 1.807) is 6.92 Å². The highest BCUT2D eigenvalue weighted by Gasteiger charge is 2.14. The largest absolute Gasteiger partial charge is 0.450 e. The van der Waals surface area contributed by atoms with E-state index in [0.29, 0.717) is 24.6 Å². The van der Waals surface area contributed by atoms with Crippen molar-refractivity contribution in [2.24, 2.45) is 5.92 Å². The molecule has 0 saturated heterocycles. The molecule has 0 saturated carbocycles.